The Morgan fingerprint density at radius 2 is 1.88 bits per heavy atom. The fraction of sp³-hybridized carbons (Fsp3) is 1.00. The Morgan fingerprint density at radius 1 is 1.31 bits per heavy atom. The van der Waals surface area contributed by atoms with Crippen molar-refractivity contribution in [3.63, 3.8) is 0 Å². The molecule has 1 rings (SSSR count). The third kappa shape index (κ3) is 4.06. The van der Waals surface area contributed by atoms with Crippen molar-refractivity contribution in [1.29, 1.82) is 0 Å². The second-order valence-corrected chi connectivity index (χ2v) is 6.18. The summed E-state index contributed by atoms with van der Waals surface area (Å²) in [6.45, 7) is 6.59. The molecule has 0 bridgehead atoms. The SMILES string of the molecule is CCC1CCC(N)(CCC(C)(C)OC)CC1. The maximum absolute atomic E-state index is 6.48. The van der Waals surface area contributed by atoms with Crippen molar-refractivity contribution in [3.05, 3.63) is 0 Å². The number of ether oxygens (including phenoxy) is 1. The standard InChI is InChI=1S/C14H29NO/c1-5-12-6-8-14(15,9-7-12)11-10-13(2,3)16-4/h12H,5-11,15H2,1-4H3. The average Bonchev–Trinajstić information content (AvgIpc) is 2.28. The fourth-order valence-electron chi connectivity index (χ4n) is 2.56. The predicted molar refractivity (Wildman–Crippen MR) is 69.5 cm³/mol. The Labute approximate surface area is 101 Å². The summed E-state index contributed by atoms with van der Waals surface area (Å²) in [6, 6.07) is 0. The predicted octanol–water partition coefficient (Wildman–Crippen LogP) is 3.49. The van der Waals surface area contributed by atoms with Crippen LogP contribution in [0.4, 0.5) is 0 Å². The van der Waals surface area contributed by atoms with Crippen LogP contribution in [0.25, 0.3) is 0 Å². The zero-order valence-electron chi connectivity index (χ0n) is 11.5. The Hall–Kier alpha value is -0.0800. The molecule has 2 heteroatoms. The summed E-state index contributed by atoms with van der Waals surface area (Å²) >= 11 is 0. The summed E-state index contributed by atoms with van der Waals surface area (Å²) in [5.74, 6) is 0.923. The zero-order chi connectivity index (χ0) is 12.2. The molecular weight excluding hydrogens is 198 g/mol. The molecule has 0 atom stereocenters. The lowest BCUT2D eigenvalue weighted by Gasteiger charge is -2.39. The lowest BCUT2D eigenvalue weighted by Crippen LogP contribution is -2.44. The molecule has 1 aliphatic carbocycles. The third-order valence-electron chi connectivity index (χ3n) is 4.46. The Balaban J connectivity index is 2.37. The van der Waals surface area contributed by atoms with Gasteiger partial charge in [-0.2, -0.15) is 0 Å². The number of methoxy groups -OCH3 is 1. The second kappa shape index (κ2) is 5.50. The van der Waals surface area contributed by atoms with E-state index in [-0.39, 0.29) is 11.1 Å². The molecule has 0 aromatic carbocycles. The topological polar surface area (TPSA) is 35.2 Å². The number of hydrogen-bond acceptors (Lipinski definition) is 2. The zero-order valence-corrected chi connectivity index (χ0v) is 11.5. The summed E-state index contributed by atoms with van der Waals surface area (Å²) in [5, 5.41) is 0. The van der Waals surface area contributed by atoms with E-state index in [9.17, 15) is 0 Å². The molecule has 0 unspecified atom stereocenters. The van der Waals surface area contributed by atoms with E-state index >= 15 is 0 Å². The minimum Gasteiger partial charge on any atom is -0.379 e. The van der Waals surface area contributed by atoms with E-state index in [4.69, 9.17) is 10.5 Å². The van der Waals surface area contributed by atoms with Crippen LogP contribution in [0, 0.1) is 5.92 Å². The molecule has 2 N–H and O–H groups in total. The van der Waals surface area contributed by atoms with E-state index in [0.717, 1.165) is 18.8 Å². The van der Waals surface area contributed by atoms with Gasteiger partial charge in [-0.1, -0.05) is 13.3 Å². The normalized spacial score (nSPS) is 31.7. The molecule has 0 aliphatic heterocycles. The molecule has 0 radical (unpaired) electrons. The van der Waals surface area contributed by atoms with E-state index in [0.29, 0.717) is 0 Å². The average molecular weight is 227 g/mol. The molecule has 0 amide bonds. The van der Waals surface area contributed by atoms with Crippen molar-refractivity contribution in [1.82, 2.24) is 0 Å². The van der Waals surface area contributed by atoms with Crippen LogP contribution < -0.4 is 5.73 Å². The second-order valence-electron chi connectivity index (χ2n) is 6.18. The van der Waals surface area contributed by atoms with Gasteiger partial charge in [0.05, 0.1) is 5.60 Å². The van der Waals surface area contributed by atoms with Crippen molar-refractivity contribution in [2.75, 3.05) is 7.11 Å². The first-order valence-electron chi connectivity index (χ1n) is 6.75. The monoisotopic (exact) mass is 227 g/mol. The van der Waals surface area contributed by atoms with Crippen molar-refractivity contribution < 1.29 is 4.74 Å². The lowest BCUT2D eigenvalue weighted by molar-refractivity contribution is 0.00624. The van der Waals surface area contributed by atoms with Gasteiger partial charge >= 0.3 is 0 Å². The van der Waals surface area contributed by atoms with Crippen molar-refractivity contribution in [2.24, 2.45) is 11.7 Å². The van der Waals surface area contributed by atoms with Crippen molar-refractivity contribution in [2.45, 2.75) is 76.9 Å². The molecule has 1 fully saturated rings. The maximum Gasteiger partial charge on any atom is 0.0623 e. The Kier molecular flexibility index (Phi) is 4.81. The highest BCUT2D eigenvalue weighted by Crippen LogP contribution is 2.36. The number of nitrogens with two attached hydrogens (primary N) is 1. The highest BCUT2D eigenvalue weighted by Gasteiger charge is 2.32. The molecule has 0 spiro atoms. The summed E-state index contributed by atoms with van der Waals surface area (Å²) in [4.78, 5) is 0. The highest BCUT2D eigenvalue weighted by molar-refractivity contribution is 4.91. The molecule has 2 nitrogen and oxygen atoms in total. The number of rotatable bonds is 5. The van der Waals surface area contributed by atoms with E-state index in [1.54, 1.807) is 7.11 Å². The largest absolute Gasteiger partial charge is 0.379 e. The van der Waals surface area contributed by atoms with Gasteiger partial charge in [-0.05, 0) is 58.3 Å². The highest BCUT2D eigenvalue weighted by atomic mass is 16.5. The van der Waals surface area contributed by atoms with Crippen molar-refractivity contribution in [3.8, 4) is 0 Å². The van der Waals surface area contributed by atoms with Gasteiger partial charge in [0, 0.05) is 12.6 Å². The minimum absolute atomic E-state index is 0.0199. The van der Waals surface area contributed by atoms with Gasteiger partial charge in [-0.15, -0.1) is 0 Å². The molecule has 1 saturated carbocycles. The van der Waals surface area contributed by atoms with Crippen LogP contribution in [0.15, 0.2) is 0 Å². The van der Waals surface area contributed by atoms with Crippen LogP contribution in [-0.4, -0.2) is 18.2 Å². The maximum atomic E-state index is 6.48. The summed E-state index contributed by atoms with van der Waals surface area (Å²) in [7, 11) is 1.79. The molecule has 16 heavy (non-hydrogen) atoms. The molecule has 0 aromatic heterocycles. The van der Waals surface area contributed by atoms with Gasteiger partial charge < -0.3 is 10.5 Å². The van der Waals surface area contributed by atoms with E-state index in [2.05, 4.69) is 20.8 Å². The van der Waals surface area contributed by atoms with Crippen LogP contribution in [0.3, 0.4) is 0 Å². The van der Waals surface area contributed by atoms with Crippen LogP contribution in [0.2, 0.25) is 0 Å². The van der Waals surface area contributed by atoms with E-state index in [1.807, 2.05) is 0 Å². The molecule has 96 valence electrons. The first-order valence-corrected chi connectivity index (χ1v) is 6.75. The third-order valence-corrected chi connectivity index (χ3v) is 4.46. The summed E-state index contributed by atoms with van der Waals surface area (Å²) < 4.78 is 5.46. The van der Waals surface area contributed by atoms with Crippen LogP contribution in [0.5, 0.6) is 0 Å². The van der Waals surface area contributed by atoms with Crippen LogP contribution in [0.1, 0.15) is 65.7 Å². The molecule has 0 heterocycles. The summed E-state index contributed by atoms with van der Waals surface area (Å²) in [6.07, 6.45) is 8.53. The first-order chi connectivity index (χ1) is 7.41. The smallest absolute Gasteiger partial charge is 0.0623 e. The molecule has 1 aliphatic rings. The van der Waals surface area contributed by atoms with Crippen LogP contribution in [-0.2, 0) is 4.74 Å². The van der Waals surface area contributed by atoms with Gasteiger partial charge in [0.15, 0.2) is 0 Å². The Bertz CT molecular complexity index is 205. The molecule has 0 saturated heterocycles. The van der Waals surface area contributed by atoms with Gasteiger partial charge in [0.2, 0.25) is 0 Å². The van der Waals surface area contributed by atoms with E-state index < -0.39 is 0 Å². The van der Waals surface area contributed by atoms with Gasteiger partial charge in [-0.25, -0.2) is 0 Å². The first kappa shape index (κ1) is 14.0. The van der Waals surface area contributed by atoms with E-state index in [1.165, 1.54) is 32.1 Å². The van der Waals surface area contributed by atoms with Crippen molar-refractivity contribution >= 4 is 0 Å². The lowest BCUT2D eigenvalue weighted by atomic mass is 9.73. The minimum atomic E-state index is -0.0199. The van der Waals surface area contributed by atoms with Gasteiger partial charge in [0.1, 0.15) is 0 Å². The fourth-order valence-corrected chi connectivity index (χ4v) is 2.56. The van der Waals surface area contributed by atoms with Crippen LogP contribution >= 0.6 is 0 Å². The number of hydrogen-bond donors (Lipinski definition) is 1. The quantitative estimate of drug-likeness (QED) is 0.780. The Morgan fingerprint density at radius 3 is 2.31 bits per heavy atom. The summed E-state index contributed by atoms with van der Waals surface area (Å²) in [5.41, 5.74) is 6.55. The van der Waals surface area contributed by atoms with Gasteiger partial charge in [-0.3, -0.25) is 0 Å². The van der Waals surface area contributed by atoms with Gasteiger partial charge in [0.25, 0.3) is 0 Å². The molecular formula is C14H29NO. The molecule has 0 aromatic rings.